The summed E-state index contributed by atoms with van der Waals surface area (Å²) in [4.78, 5) is 11.4. The molecule has 1 aromatic rings. The van der Waals surface area contributed by atoms with Crippen molar-refractivity contribution in [2.75, 3.05) is 11.9 Å². The molecule has 1 N–H and O–H groups in total. The summed E-state index contributed by atoms with van der Waals surface area (Å²) in [6, 6.07) is 5.37. The standard InChI is InChI=1S/C14H17NO4/c1-4-7-17-13(16)15-11-5-6-12-10(8-11)9-18-14(2,3)19-12/h4-6,8H,1,7,9H2,2-3H3,(H,15,16). The summed E-state index contributed by atoms with van der Waals surface area (Å²) >= 11 is 0. The molecule has 5 nitrogen and oxygen atoms in total. The van der Waals surface area contributed by atoms with Crippen LogP contribution in [0.15, 0.2) is 30.9 Å². The summed E-state index contributed by atoms with van der Waals surface area (Å²) in [6.45, 7) is 7.81. The van der Waals surface area contributed by atoms with E-state index in [0.29, 0.717) is 12.3 Å². The van der Waals surface area contributed by atoms with E-state index in [2.05, 4.69) is 11.9 Å². The summed E-state index contributed by atoms with van der Waals surface area (Å²) in [5, 5.41) is 2.63. The number of ether oxygens (including phenoxy) is 3. The van der Waals surface area contributed by atoms with Crippen molar-refractivity contribution < 1.29 is 19.0 Å². The van der Waals surface area contributed by atoms with Crippen molar-refractivity contribution in [3.63, 3.8) is 0 Å². The lowest BCUT2D eigenvalue weighted by Crippen LogP contribution is -2.35. The summed E-state index contributed by atoms with van der Waals surface area (Å²) in [6.07, 6.45) is 0.994. The minimum Gasteiger partial charge on any atom is -0.463 e. The molecular formula is C14H17NO4. The largest absolute Gasteiger partial charge is 0.463 e. The quantitative estimate of drug-likeness (QED) is 0.851. The summed E-state index contributed by atoms with van der Waals surface area (Å²) in [7, 11) is 0. The molecule has 0 aromatic heterocycles. The van der Waals surface area contributed by atoms with Crippen LogP contribution in [0, 0.1) is 0 Å². The molecule has 0 aliphatic carbocycles. The Morgan fingerprint density at radius 3 is 3.11 bits per heavy atom. The number of hydrogen-bond donors (Lipinski definition) is 1. The minimum atomic E-state index is -0.620. The molecule has 0 radical (unpaired) electrons. The molecule has 0 atom stereocenters. The Hall–Kier alpha value is -2.01. The Labute approximate surface area is 112 Å². The van der Waals surface area contributed by atoms with Crippen molar-refractivity contribution in [2.24, 2.45) is 0 Å². The molecule has 0 saturated heterocycles. The number of anilines is 1. The number of fused-ring (bicyclic) bond motifs is 1. The molecular weight excluding hydrogens is 246 g/mol. The molecule has 0 spiro atoms. The van der Waals surface area contributed by atoms with Crippen LogP contribution in [-0.2, 0) is 16.1 Å². The van der Waals surface area contributed by atoms with Gasteiger partial charge >= 0.3 is 6.09 Å². The molecule has 2 rings (SSSR count). The fourth-order valence-electron chi connectivity index (χ4n) is 1.70. The topological polar surface area (TPSA) is 56.8 Å². The van der Waals surface area contributed by atoms with Gasteiger partial charge in [0.25, 0.3) is 0 Å². The number of carbonyl (C=O) groups is 1. The maximum Gasteiger partial charge on any atom is 0.411 e. The lowest BCUT2D eigenvalue weighted by molar-refractivity contribution is -0.180. The van der Waals surface area contributed by atoms with Crippen LogP contribution < -0.4 is 10.1 Å². The van der Waals surface area contributed by atoms with E-state index in [-0.39, 0.29) is 6.61 Å². The van der Waals surface area contributed by atoms with E-state index >= 15 is 0 Å². The van der Waals surface area contributed by atoms with Crippen LogP contribution in [0.5, 0.6) is 5.75 Å². The first kappa shape index (κ1) is 13.4. The molecule has 1 amide bonds. The second-order valence-corrected chi connectivity index (χ2v) is 4.63. The molecule has 1 aliphatic heterocycles. The van der Waals surface area contributed by atoms with Gasteiger partial charge < -0.3 is 14.2 Å². The van der Waals surface area contributed by atoms with Crippen molar-refractivity contribution in [1.82, 2.24) is 0 Å². The molecule has 1 heterocycles. The smallest absolute Gasteiger partial charge is 0.411 e. The van der Waals surface area contributed by atoms with Crippen molar-refractivity contribution in [3.8, 4) is 5.75 Å². The molecule has 1 aliphatic rings. The molecule has 0 saturated carbocycles. The number of benzene rings is 1. The summed E-state index contributed by atoms with van der Waals surface area (Å²) in [5.74, 6) is 0.145. The van der Waals surface area contributed by atoms with E-state index in [1.165, 1.54) is 6.08 Å². The van der Waals surface area contributed by atoms with Gasteiger partial charge in [-0.3, -0.25) is 5.32 Å². The van der Waals surface area contributed by atoms with Crippen LogP contribution in [0.2, 0.25) is 0 Å². The Kier molecular flexibility index (Phi) is 3.76. The minimum absolute atomic E-state index is 0.178. The van der Waals surface area contributed by atoms with Crippen LogP contribution >= 0.6 is 0 Å². The Bertz CT molecular complexity index is 496. The fraction of sp³-hybridized carbons (Fsp3) is 0.357. The van der Waals surface area contributed by atoms with Crippen molar-refractivity contribution in [2.45, 2.75) is 26.2 Å². The van der Waals surface area contributed by atoms with Crippen LogP contribution in [0.1, 0.15) is 19.4 Å². The third-order valence-corrected chi connectivity index (χ3v) is 2.57. The highest BCUT2D eigenvalue weighted by atomic mass is 16.7. The fourth-order valence-corrected chi connectivity index (χ4v) is 1.70. The van der Waals surface area contributed by atoms with Crippen molar-refractivity contribution in [1.29, 1.82) is 0 Å². The van der Waals surface area contributed by atoms with Gasteiger partial charge in [0.2, 0.25) is 5.79 Å². The Balaban J connectivity index is 2.06. The first-order valence-electron chi connectivity index (χ1n) is 6.01. The highest BCUT2D eigenvalue weighted by Crippen LogP contribution is 2.32. The highest BCUT2D eigenvalue weighted by Gasteiger charge is 2.27. The highest BCUT2D eigenvalue weighted by molar-refractivity contribution is 5.84. The van der Waals surface area contributed by atoms with Crippen LogP contribution in [0.3, 0.4) is 0 Å². The average Bonchev–Trinajstić information content (AvgIpc) is 2.36. The third kappa shape index (κ3) is 3.48. The van der Waals surface area contributed by atoms with E-state index in [0.717, 1.165) is 11.3 Å². The van der Waals surface area contributed by atoms with Crippen molar-refractivity contribution >= 4 is 11.8 Å². The number of carbonyl (C=O) groups excluding carboxylic acids is 1. The predicted molar refractivity (Wildman–Crippen MR) is 71.1 cm³/mol. The van der Waals surface area contributed by atoms with Gasteiger partial charge in [-0.05, 0) is 18.2 Å². The van der Waals surface area contributed by atoms with Gasteiger partial charge in [-0.25, -0.2) is 4.79 Å². The van der Waals surface area contributed by atoms with E-state index in [9.17, 15) is 4.79 Å². The van der Waals surface area contributed by atoms with Gasteiger partial charge in [-0.1, -0.05) is 12.7 Å². The maximum absolute atomic E-state index is 11.4. The first-order valence-corrected chi connectivity index (χ1v) is 6.01. The van der Waals surface area contributed by atoms with Gasteiger partial charge in [-0.2, -0.15) is 0 Å². The SMILES string of the molecule is C=CCOC(=O)Nc1ccc2c(c1)COC(C)(C)O2. The number of hydrogen-bond acceptors (Lipinski definition) is 4. The molecule has 1 aromatic carbocycles. The average molecular weight is 263 g/mol. The van der Waals surface area contributed by atoms with E-state index in [4.69, 9.17) is 14.2 Å². The van der Waals surface area contributed by atoms with E-state index in [1.54, 1.807) is 12.1 Å². The lowest BCUT2D eigenvalue weighted by atomic mass is 10.1. The van der Waals surface area contributed by atoms with Gasteiger partial charge in [0, 0.05) is 25.1 Å². The Morgan fingerprint density at radius 1 is 1.58 bits per heavy atom. The zero-order chi connectivity index (χ0) is 13.9. The molecule has 19 heavy (non-hydrogen) atoms. The number of rotatable bonds is 3. The van der Waals surface area contributed by atoms with Crippen LogP contribution in [0.4, 0.5) is 10.5 Å². The van der Waals surface area contributed by atoms with E-state index in [1.807, 2.05) is 19.9 Å². The maximum atomic E-state index is 11.4. The summed E-state index contributed by atoms with van der Waals surface area (Å²) in [5.41, 5.74) is 1.53. The molecule has 0 bridgehead atoms. The van der Waals surface area contributed by atoms with Gasteiger partial charge in [0.15, 0.2) is 0 Å². The predicted octanol–water partition coefficient (Wildman–Crippen LogP) is 3.07. The van der Waals surface area contributed by atoms with E-state index < -0.39 is 11.9 Å². The second kappa shape index (κ2) is 5.32. The number of amides is 1. The number of nitrogens with one attached hydrogen (secondary N) is 1. The van der Waals surface area contributed by atoms with Crippen LogP contribution in [0.25, 0.3) is 0 Å². The molecule has 0 fully saturated rings. The normalized spacial score (nSPS) is 15.9. The second-order valence-electron chi connectivity index (χ2n) is 4.63. The molecule has 0 unspecified atom stereocenters. The lowest BCUT2D eigenvalue weighted by Gasteiger charge is -2.32. The monoisotopic (exact) mass is 263 g/mol. The first-order chi connectivity index (χ1) is 9.00. The van der Waals surface area contributed by atoms with Crippen LogP contribution in [-0.4, -0.2) is 18.5 Å². The van der Waals surface area contributed by atoms with Gasteiger partial charge in [0.05, 0.1) is 6.61 Å². The molecule has 5 heteroatoms. The molecule has 102 valence electrons. The van der Waals surface area contributed by atoms with Gasteiger partial charge in [-0.15, -0.1) is 0 Å². The zero-order valence-electron chi connectivity index (χ0n) is 11.1. The Morgan fingerprint density at radius 2 is 2.37 bits per heavy atom. The third-order valence-electron chi connectivity index (χ3n) is 2.57. The summed E-state index contributed by atoms with van der Waals surface area (Å²) < 4.78 is 16.0. The zero-order valence-corrected chi connectivity index (χ0v) is 11.1. The van der Waals surface area contributed by atoms with Crippen molar-refractivity contribution in [3.05, 3.63) is 36.4 Å². The van der Waals surface area contributed by atoms with Gasteiger partial charge in [0.1, 0.15) is 12.4 Å².